The lowest BCUT2D eigenvalue weighted by Crippen LogP contribution is -2.08. The Balaban J connectivity index is 2.01. The van der Waals surface area contributed by atoms with Gasteiger partial charge in [0.05, 0.1) is 5.69 Å². The van der Waals surface area contributed by atoms with E-state index in [0.717, 1.165) is 4.88 Å². The van der Waals surface area contributed by atoms with E-state index >= 15 is 0 Å². The van der Waals surface area contributed by atoms with Gasteiger partial charge in [-0.1, -0.05) is 18.2 Å². The number of thiophene rings is 1. The highest BCUT2D eigenvalue weighted by Gasteiger charge is 2.02. The molecule has 0 bridgehead atoms. The maximum Gasteiger partial charge on any atom is 0.248 e. The smallest absolute Gasteiger partial charge is 0.248 e. The molecule has 1 heterocycles. The van der Waals surface area contributed by atoms with Gasteiger partial charge in [0.2, 0.25) is 5.91 Å². The van der Waals surface area contributed by atoms with Crippen molar-refractivity contribution >= 4 is 29.0 Å². The summed E-state index contributed by atoms with van der Waals surface area (Å²) in [6.45, 7) is 0. The van der Waals surface area contributed by atoms with E-state index in [2.05, 4.69) is 5.32 Å². The Bertz CT molecular complexity index is 534. The lowest BCUT2D eigenvalue weighted by molar-refractivity contribution is -0.111. The zero-order chi connectivity index (χ0) is 12.1. The van der Waals surface area contributed by atoms with Crippen LogP contribution in [0.25, 0.3) is 6.08 Å². The highest BCUT2D eigenvalue weighted by molar-refractivity contribution is 7.10. The summed E-state index contributed by atoms with van der Waals surface area (Å²) in [5.41, 5.74) is 0.188. The zero-order valence-corrected chi connectivity index (χ0v) is 9.71. The van der Waals surface area contributed by atoms with Crippen LogP contribution in [-0.2, 0) is 4.79 Å². The quantitative estimate of drug-likeness (QED) is 0.826. The van der Waals surface area contributed by atoms with E-state index in [9.17, 15) is 9.18 Å². The van der Waals surface area contributed by atoms with Gasteiger partial charge in [-0.05, 0) is 29.7 Å². The molecule has 0 saturated heterocycles. The van der Waals surface area contributed by atoms with E-state index in [1.807, 2.05) is 17.5 Å². The Kier molecular flexibility index (Phi) is 3.67. The molecule has 0 atom stereocenters. The van der Waals surface area contributed by atoms with Gasteiger partial charge in [0.1, 0.15) is 5.82 Å². The van der Waals surface area contributed by atoms with Crippen molar-refractivity contribution in [3.8, 4) is 0 Å². The lowest BCUT2D eigenvalue weighted by atomic mass is 10.3. The van der Waals surface area contributed by atoms with Crippen LogP contribution in [0.4, 0.5) is 10.1 Å². The average molecular weight is 247 g/mol. The molecule has 0 aliphatic carbocycles. The Morgan fingerprint density at radius 1 is 1.24 bits per heavy atom. The molecule has 2 rings (SSSR count). The fraction of sp³-hybridized carbons (Fsp3) is 0. The average Bonchev–Trinajstić information content (AvgIpc) is 2.82. The number of para-hydroxylation sites is 1. The minimum absolute atomic E-state index is 0.188. The normalized spacial score (nSPS) is 10.6. The third-order valence-corrected chi connectivity index (χ3v) is 2.91. The minimum atomic E-state index is -0.439. The standard InChI is InChI=1S/C13H10FNOS/c14-11-5-1-2-6-12(11)15-13(16)8-7-10-4-3-9-17-10/h1-9H,(H,15,16)/b8-7+. The van der Waals surface area contributed by atoms with E-state index in [1.165, 1.54) is 29.5 Å². The van der Waals surface area contributed by atoms with Crippen LogP contribution in [0.2, 0.25) is 0 Å². The molecule has 0 unspecified atom stereocenters. The first-order chi connectivity index (χ1) is 8.25. The van der Waals surface area contributed by atoms with Gasteiger partial charge in [0, 0.05) is 11.0 Å². The number of amides is 1. The minimum Gasteiger partial charge on any atom is -0.320 e. The summed E-state index contributed by atoms with van der Waals surface area (Å²) in [6.07, 6.45) is 3.08. The molecular weight excluding hydrogens is 237 g/mol. The second-order valence-corrected chi connectivity index (χ2v) is 4.30. The molecule has 0 radical (unpaired) electrons. The van der Waals surface area contributed by atoms with E-state index in [0.29, 0.717) is 0 Å². The number of hydrogen-bond donors (Lipinski definition) is 1. The first-order valence-corrected chi connectivity index (χ1v) is 5.91. The van der Waals surface area contributed by atoms with Crippen molar-refractivity contribution in [2.24, 2.45) is 0 Å². The zero-order valence-electron chi connectivity index (χ0n) is 8.89. The summed E-state index contributed by atoms with van der Waals surface area (Å²) in [6, 6.07) is 9.87. The van der Waals surface area contributed by atoms with Crippen LogP contribution in [0.5, 0.6) is 0 Å². The number of carbonyl (C=O) groups is 1. The van der Waals surface area contributed by atoms with Crippen molar-refractivity contribution in [2.45, 2.75) is 0 Å². The molecule has 1 aromatic carbocycles. The fourth-order valence-corrected chi connectivity index (χ4v) is 1.90. The molecule has 86 valence electrons. The summed E-state index contributed by atoms with van der Waals surface area (Å²) in [4.78, 5) is 12.5. The van der Waals surface area contributed by atoms with Gasteiger partial charge < -0.3 is 5.32 Å². The first-order valence-electron chi connectivity index (χ1n) is 5.03. The predicted octanol–water partition coefficient (Wildman–Crippen LogP) is 3.54. The lowest BCUT2D eigenvalue weighted by Gasteiger charge is -2.02. The van der Waals surface area contributed by atoms with Gasteiger partial charge in [0.25, 0.3) is 0 Å². The van der Waals surface area contributed by atoms with Gasteiger partial charge >= 0.3 is 0 Å². The topological polar surface area (TPSA) is 29.1 Å². The monoisotopic (exact) mass is 247 g/mol. The van der Waals surface area contributed by atoms with Crippen molar-refractivity contribution < 1.29 is 9.18 Å². The summed E-state index contributed by atoms with van der Waals surface area (Å²) < 4.78 is 13.2. The summed E-state index contributed by atoms with van der Waals surface area (Å²) in [7, 11) is 0. The molecular formula is C13H10FNOS. The van der Waals surface area contributed by atoms with Crippen LogP contribution < -0.4 is 5.32 Å². The maximum absolute atomic E-state index is 13.2. The Morgan fingerprint density at radius 3 is 2.76 bits per heavy atom. The summed E-state index contributed by atoms with van der Waals surface area (Å²) in [5.74, 6) is -0.783. The number of nitrogens with one attached hydrogen (secondary N) is 1. The van der Waals surface area contributed by atoms with Gasteiger partial charge in [0.15, 0.2) is 0 Å². The second kappa shape index (κ2) is 5.41. The van der Waals surface area contributed by atoms with Crippen LogP contribution >= 0.6 is 11.3 Å². The molecule has 1 N–H and O–H groups in total. The third-order valence-electron chi connectivity index (χ3n) is 2.07. The molecule has 0 aliphatic heterocycles. The predicted molar refractivity (Wildman–Crippen MR) is 68.4 cm³/mol. The molecule has 0 aliphatic rings. The number of benzene rings is 1. The number of anilines is 1. The van der Waals surface area contributed by atoms with E-state index in [4.69, 9.17) is 0 Å². The molecule has 0 fully saturated rings. The van der Waals surface area contributed by atoms with Crippen molar-refractivity contribution in [2.75, 3.05) is 5.32 Å². The number of carbonyl (C=O) groups excluding carboxylic acids is 1. The molecule has 1 aromatic heterocycles. The molecule has 2 aromatic rings. The molecule has 17 heavy (non-hydrogen) atoms. The Hall–Kier alpha value is -1.94. The van der Waals surface area contributed by atoms with Crippen molar-refractivity contribution in [3.63, 3.8) is 0 Å². The number of halogens is 1. The Labute approximate surface area is 102 Å². The van der Waals surface area contributed by atoms with Crippen molar-refractivity contribution in [3.05, 3.63) is 58.5 Å². The largest absolute Gasteiger partial charge is 0.320 e. The van der Waals surface area contributed by atoms with Crippen molar-refractivity contribution in [1.29, 1.82) is 0 Å². The van der Waals surface area contributed by atoms with Crippen LogP contribution in [0.3, 0.4) is 0 Å². The van der Waals surface area contributed by atoms with Crippen LogP contribution in [0.1, 0.15) is 4.88 Å². The van der Waals surface area contributed by atoms with Gasteiger partial charge in [-0.15, -0.1) is 11.3 Å². The van der Waals surface area contributed by atoms with Crippen molar-refractivity contribution in [1.82, 2.24) is 0 Å². The van der Waals surface area contributed by atoms with Gasteiger partial charge in [-0.2, -0.15) is 0 Å². The van der Waals surface area contributed by atoms with Gasteiger partial charge in [-0.3, -0.25) is 4.79 Å². The summed E-state index contributed by atoms with van der Waals surface area (Å²) >= 11 is 1.53. The van der Waals surface area contributed by atoms with Gasteiger partial charge in [-0.25, -0.2) is 4.39 Å². The molecule has 2 nitrogen and oxygen atoms in total. The second-order valence-electron chi connectivity index (χ2n) is 3.32. The summed E-state index contributed by atoms with van der Waals surface area (Å²) in [5, 5.41) is 4.40. The fourth-order valence-electron chi connectivity index (χ4n) is 1.28. The highest BCUT2D eigenvalue weighted by Crippen LogP contribution is 2.13. The SMILES string of the molecule is O=C(/C=C/c1cccs1)Nc1ccccc1F. The highest BCUT2D eigenvalue weighted by atomic mass is 32.1. The third kappa shape index (κ3) is 3.26. The Morgan fingerprint density at radius 2 is 2.06 bits per heavy atom. The molecule has 0 spiro atoms. The number of hydrogen-bond acceptors (Lipinski definition) is 2. The first kappa shape index (κ1) is 11.5. The van der Waals surface area contributed by atoms with Crippen LogP contribution in [0, 0.1) is 5.82 Å². The maximum atomic E-state index is 13.2. The van der Waals surface area contributed by atoms with E-state index < -0.39 is 5.82 Å². The number of rotatable bonds is 3. The van der Waals surface area contributed by atoms with E-state index in [-0.39, 0.29) is 11.6 Å². The van der Waals surface area contributed by atoms with Crippen LogP contribution in [0.15, 0.2) is 47.9 Å². The van der Waals surface area contributed by atoms with E-state index in [1.54, 1.807) is 18.2 Å². The molecule has 1 amide bonds. The van der Waals surface area contributed by atoms with Crippen LogP contribution in [-0.4, -0.2) is 5.91 Å². The molecule has 4 heteroatoms. The molecule has 0 saturated carbocycles.